The summed E-state index contributed by atoms with van der Waals surface area (Å²) in [5, 5.41) is 3.18. The van der Waals surface area contributed by atoms with Crippen LogP contribution in [0.1, 0.15) is 10.7 Å². The summed E-state index contributed by atoms with van der Waals surface area (Å²) in [7, 11) is 0. The van der Waals surface area contributed by atoms with E-state index < -0.39 is 0 Å². The molecular formula is C6H11BrN2S. The van der Waals surface area contributed by atoms with Gasteiger partial charge in [-0.15, -0.1) is 28.3 Å². The SMILES string of the molecule is Br.Cc1nc(CCN)cs1. The summed E-state index contributed by atoms with van der Waals surface area (Å²) in [5.41, 5.74) is 6.46. The summed E-state index contributed by atoms with van der Waals surface area (Å²) >= 11 is 1.68. The Morgan fingerprint density at radius 1 is 1.70 bits per heavy atom. The highest BCUT2D eigenvalue weighted by Gasteiger charge is 1.93. The van der Waals surface area contributed by atoms with Gasteiger partial charge in [0, 0.05) is 11.8 Å². The molecule has 2 N–H and O–H groups in total. The van der Waals surface area contributed by atoms with E-state index in [-0.39, 0.29) is 17.0 Å². The highest BCUT2D eigenvalue weighted by atomic mass is 79.9. The molecule has 4 heteroatoms. The number of thiazole rings is 1. The first-order valence-electron chi connectivity index (χ1n) is 2.94. The highest BCUT2D eigenvalue weighted by Crippen LogP contribution is 2.07. The van der Waals surface area contributed by atoms with Crippen molar-refractivity contribution >= 4 is 28.3 Å². The second-order valence-corrected chi connectivity index (χ2v) is 2.96. The molecule has 0 fully saturated rings. The third kappa shape index (κ3) is 2.77. The number of hydrogen-bond acceptors (Lipinski definition) is 3. The van der Waals surface area contributed by atoms with E-state index >= 15 is 0 Å². The molecule has 1 aromatic heterocycles. The monoisotopic (exact) mass is 222 g/mol. The van der Waals surface area contributed by atoms with Gasteiger partial charge in [0.05, 0.1) is 10.7 Å². The molecular weight excluding hydrogens is 212 g/mol. The third-order valence-corrected chi connectivity index (χ3v) is 1.89. The zero-order valence-corrected chi connectivity index (χ0v) is 8.36. The average Bonchev–Trinajstić information content (AvgIpc) is 2.17. The first-order valence-corrected chi connectivity index (χ1v) is 3.82. The molecule has 1 rings (SSSR count). The van der Waals surface area contributed by atoms with Crippen molar-refractivity contribution in [3.8, 4) is 0 Å². The lowest BCUT2D eigenvalue weighted by atomic mass is 10.3. The number of aromatic nitrogens is 1. The fourth-order valence-electron chi connectivity index (χ4n) is 0.671. The van der Waals surface area contributed by atoms with Crippen molar-refractivity contribution in [2.75, 3.05) is 6.54 Å². The normalized spacial score (nSPS) is 9.00. The number of nitrogens with two attached hydrogens (primary N) is 1. The van der Waals surface area contributed by atoms with Crippen LogP contribution >= 0.6 is 28.3 Å². The molecule has 0 saturated carbocycles. The lowest BCUT2D eigenvalue weighted by Crippen LogP contribution is -2.02. The molecule has 0 bridgehead atoms. The van der Waals surface area contributed by atoms with Crippen LogP contribution < -0.4 is 5.73 Å². The van der Waals surface area contributed by atoms with E-state index in [2.05, 4.69) is 10.4 Å². The van der Waals surface area contributed by atoms with Crippen LogP contribution in [0.2, 0.25) is 0 Å². The van der Waals surface area contributed by atoms with Crippen LogP contribution in [0.4, 0.5) is 0 Å². The van der Waals surface area contributed by atoms with Crippen LogP contribution in [-0.4, -0.2) is 11.5 Å². The lowest BCUT2D eigenvalue weighted by molar-refractivity contribution is 0.929. The summed E-state index contributed by atoms with van der Waals surface area (Å²) in [4.78, 5) is 4.24. The smallest absolute Gasteiger partial charge is 0.0897 e. The second kappa shape index (κ2) is 4.82. The number of hydrogen-bond donors (Lipinski definition) is 1. The van der Waals surface area contributed by atoms with Crippen LogP contribution in [0, 0.1) is 6.92 Å². The molecule has 0 aliphatic rings. The van der Waals surface area contributed by atoms with Gasteiger partial charge in [0.15, 0.2) is 0 Å². The van der Waals surface area contributed by atoms with Crippen molar-refractivity contribution in [2.24, 2.45) is 5.73 Å². The number of nitrogens with zero attached hydrogens (tertiary/aromatic N) is 1. The molecule has 2 nitrogen and oxygen atoms in total. The Kier molecular flexibility index (Phi) is 4.85. The molecule has 0 radical (unpaired) electrons. The Bertz CT molecular complexity index is 188. The van der Waals surface area contributed by atoms with Crippen LogP contribution in [0.15, 0.2) is 5.38 Å². The van der Waals surface area contributed by atoms with Crippen LogP contribution in [0.3, 0.4) is 0 Å². The second-order valence-electron chi connectivity index (χ2n) is 1.90. The van der Waals surface area contributed by atoms with Gasteiger partial charge in [-0.05, 0) is 13.5 Å². The fourth-order valence-corrected chi connectivity index (χ4v) is 1.32. The summed E-state index contributed by atoms with van der Waals surface area (Å²) in [6.45, 7) is 2.70. The van der Waals surface area contributed by atoms with Crippen molar-refractivity contribution in [1.29, 1.82) is 0 Å². The molecule has 0 atom stereocenters. The Morgan fingerprint density at radius 2 is 2.40 bits per heavy atom. The summed E-state index contributed by atoms with van der Waals surface area (Å²) in [5.74, 6) is 0. The predicted octanol–water partition coefficient (Wildman–Crippen LogP) is 1.53. The van der Waals surface area contributed by atoms with Crippen molar-refractivity contribution < 1.29 is 0 Å². The van der Waals surface area contributed by atoms with Crippen molar-refractivity contribution in [1.82, 2.24) is 4.98 Å². The number of rotatable bonds is 2. The van der Waals surface area contributed by atoms with Crippen molar-refractivity contribution in [3.05, 3.63) is 16.1 Å². The van der Waals surface area contributed by atoms with E-state index in [1.54, 1.807) is 11.3 Å². The van der Waals surface area contributed by atoms with Gasteiger partial charge in [0.2, 0.25) is 0 Å². The molecule has 0 unspecified atom stereocenters. The quantitative estimate of drug-likeness (QED) is 0.825. The van der Waals surface area contributed by atoms with Gasteiger partial charge in [-0.1, -0.05) is 0 Å². The Labute approximate surface area is 75.2 Å². The molecule has 0 spiro atoms. The molecule has 1 heterocycles. The highest BCUT2D eigenvalue weighted by molar-refractivity contribution is 8.93. The largest absolute Gasteiger partial charge is 0.330 e. The first kappa shape index (κ1) is 10.1. The molecule has 10 heavy (non-hydrogen) atoms. The minimum atomic E-state index is 0. The van der Waals surface area contributed by atoms with Gasteiger partial charge >= 0.3 is 0 Å². The van der Waals surface area contributed by atoms with Gasteiger partial charge < -0.3 is 5.73 Å². The molecule has 58 valence electrons. The van der Waals surface area contributed by atoms with Crippen molar-refractivity contribution in [2.45, 2.75) is 13.3 Å². The number of aryl methyl sites for hydroxylation is 1. The third-order valence-electron chi connectivity index (χ3n) is 1.07. The molecule has 0 aromatic carbocycles. The van der Waals surface area contributed by atoms with Crippen LogP contribution in [0.5, 0.6) is 0 Å². The fraction of sp³-hybridized carbons (Fsp3) is 0.500. The molecule has 1 aromatic rings. The maximum Gasteiger partial charge on any atom is 0.0897 e. The standard InChI is InChI=1S/C6H10N2S.BrH/c1-5-8-6(2-3-7)4-9-5;/h4H,2-3,7H2,1H3;1H. The zero-order chi connectivity index (χ0) is 6.69. The summed E-state index contributed by atoms with van der Waals surface area (Å²) < 4.78 is 0. The zero-order valence-electron chi connectivity index (χ0n) is 5.83. The van der Waals surface area contributed by atoms with Gasteiger partial charge in [-0.25, -0.2) is 4.98 Å². The summed E-state index contributed by atoms with van der Waals surface area (Å²) in [6.07, 6.45) is 0.907. The predicted molar refractivity (Wildman–Crippen MR) is 49.9 cm³/mol. The van der Waals surface area contributed by atoms with E-state index in [1.165, 1.54) is 0 Å². The van der Waals surface area contributed by atoms with E-state index in [0.29, 0.717) is 6.54 Å². The average molecular weight is 223 g/mol. The molecule has 0 aliphatic carbocycles. The minimum absolute atomic E-state index is 0. The van der Waals surface area contributed by atoms with E-state index in [9.17, 15) is 0 Å². The summed E-state index contributed by atoms with van der Waals surface area (Å²) in [6, 6.07) is 0. The van der Waals surface area contributed by atoms with E-state index in [1.807, 2.05) is 6.92 Å². The number of halogens is 1. The molecule has 0 saturated heterocycles. The first-order chi connectivity index (χ1) is 4.33. The Morgan fingerprint density at radius 3 is 2.80 bits per heavy atom. The van der Waals surface area contributed by atoms with Gasteiger partial charge in [0.25, 0.3) is 0 Å². The Balaban J connectivity index is 0.000000810. The van der Waals surface area contributed by atoms with Crippen LogP contribution in [-0.2, 0) is 6.42 Å². The molecule has 0 aliphatic heterocycles. The van der Waals surface area contributed by atoms with Gasteiger partial charge in [-0.3, -0.25) is 0 Å². The molecule has 0 amide bonds. The van der Waals surface area contributed by atoms with Gasteiger partial charge in [-0.2, -0.15) is 0 Å². The van der Waals surface area contributed by atoms with Crippen LogP contribution in [0.25, 0.3) is 0 Å². The van der Waals surface area contributed by atoms with E-state index in [0.717, 1.165) is 17.1 Å². The topological polar surface area (TPSA) is 38.9 Å². The minimum Gasteiger partial charge on any atom is -0.330 e. The maximum atomic E-state index is 5.33. The maximum absolute atomic E-state index is 5.33. The lowest BCUT2D eigenvalue weighted by Gasteiger charge is -1.86. The van der Waals surface area contributed by atoms with E-state index in [4.69, 9.17) is 5.73 Å². The van der Waals surface area contributed by atoms with Gasteiger partial charge in [0.1, 0.15) is 0 Å². The Hall–Kier alpha value is 0.0700. The van der Waals surface area contributed by atoms with Crippen molar-refractivity contribution in [3.63, 3.8) is 0 Å².